The summed E-state index contributed by atoms with van der Waals surface area (Å²) in [5, 5.41) is 1.17. The van der Waals surface area contributed by atoms with E-state index in [0.29, 0.717) is 6.61 Å². The van der Waals surface area contributed by atoms with Crippen molar-refractivity contribution >= 4 is 16.6 Å². The number of benzene rings is 2. The number of aromatic nitrogens is 1. The van der Waals surface area contributed by atoms with Crippen LogP contribution in [0.3, 0.4) is 0 Å². The molecule has 0 aliphatic carbocycles. The van der Waals surface area contributed by atoms with Crippen molar-refractivity contribution in [1.29, 1.82) is 0 Å². The van der Waals surface area contributed by atoms with Crippen molar-refractivity contribution in [3.63, 3.8) is 0 Å². The molecule has 25 heavy (non-hydrogen) atoms. The van der Waals surface area contributed by atoms with Crippen molar-refractivity contribution in [2.24, 2.45) is 0 Å². The van der Waals surface area contributed by atoms with Crippen LogP contribution in [0.25, 0.3) is 10.9 Å². The van der Waals surface area contributed by atoms with Gasteiger partial charge in [-0.3, -0.25) is 4.98 Å². The van der Waals surface area contributed by atoms with E-state index in [0.717, 1.165) is 48.8 Å². The molecule has 0 bridgehead atoms. The fourth-order valence-electron chi connectivity index (χ4n) is 3.22. The molecule has 1 aromatic heterocycles. The van der Waals surface area contributed by atoms with Crippen LogP contribution >= 0.6 is 0 Å². The maximum atomic E-state index is 5.95. The molecule has 0 N–H and O–H groups in total. The summed E-state index contributed by atoms with van der Waals surface area (Å²) in [6, 6.07) is 18.6. The number of hydrogen-bond acceptors (Lipinski definition) is 4. The largest absolute Gasteiger partial charge is 0.489 e. The van der Waals surface area contributed by atoms with Crippen LogP contribution in [0, 0.1) is 6.92 Å². The topological polar surface area (TPSA) is 34.6 Å². The van der Waals surface area contributed by atoms with Crippen LogP contribution in [0.4, 0.5) is 5.69 Å². The molecule has 128 valence electrons. The molecule has 0 atom stereocenters. The molecular formula is C21H22N2O2. The summed E-state index contributed by atoms with van der Waals surface area (Å²) in [7, 11) is 0. The molecule has 0 radical (unpaired) electrons. The second kappa shape index (κ2) is 7.11. The molecule has 4 heteroatoms. The summed E-state index contributed by atoms with van der Waals surface area (Å²) in [5.74, 6) is 0.849. The predicted molar refractivity (Wildman–Crippen MR) is 100 cm³/mol. The van der Waals surface area contributed by atoms with E-state index < -0.39 is 0 Å². The Morgan fingerprint density at radius 3 is 2.64 bits per heavy atom. The molecule has 1 saturated heterocycles. The lowest BCUT2D eigenvalue weighted by Gasteiger charge is -2.30. The summed E-state index contributed by atoms with van der Waals surface area (Å²) < 4.78 is 11.4. The van der Waals surface area contributed by atoms with Gasteiger partial charge in [0.15, 0.2) is 0 Å². The molecule has 4 nitrogen and oxygen atoms in total. The second-order valence-corrected chi connectivity index (χ2v) is 6.34. The minimum absolute atomic E-state index is 0.564. The van der Waals surface area contributed by atoms with Gasteiger partial charge < -0.3 is 14.4 Å². The number of ether oxygens (including phenoxy) is 2. The van der Waals surface area contributed by atoms with Crippen LogP contribution in [0.5, 0.6) is 5.75 Å². The summed E-state index contributed by atoms with van der Waals surface area (Å²) in [5.41, 5.74) is 4.40. The molecule has 1 aliphatic rings. The van der Waals surface area contributed by atoms with Gasteiger partial charge in [-0.25, -0.2) is 0 Å². The lowest BCUT2D eigenvalue weighted by atomic mass is 10.1. The third kappa shape index (κ3) is 3.59. The third-order valence-electron chi connectivity index (χ3n) is 4.49. The van der Waals surface area contributed by atoms with Crippen molar-refractivity contribution in [3.8, 4) is 5.75 Å². The van der Waals surface area contributed by atoms with Crippen LogP contribution in [0.2, 0.25) is 0 Å². The fraction of sp³-hybridized carbons (Fsp3) is 0.286. The van der Waals surface area contributed by atoms with Gasteiger partial charge in [-0.15, -0.1) is 0 Å². The van der Waals surface area contributed by atoms with Crippen molar-refractivity contribution in [2.45, 2.75) is 13.5 Å². The molecule has 2 aromatic carbocycles. The van der Waals surface area contributed by atoms with E-state index in [9.17, 15) is 0 Å². The highest BCUT2D eigenvalue weighted by molar-refractivity contribution is 5.92. The van der Waals surface area contributed by atoms with Gasteiger partial charge in [0.25, 0.3) is 0 Å². The third-order valence-corrected chi connectivity index (χ3v) is 4.49. The molecule has 0 spiro atoms. The number of pyridine rings is 1. The zero-order valence-electron chi connectivity index (χ0n) is 14.4. The quantitative estimate of drug-likeness (QED) is 0.723. The van der Waals surface area contributed by atoms with Gasteiger partial charge in [0, 0.05) is 35.9 Å². The Morgan fingerprint density at radius 1 is 1.04 bits per heavy atom. The number of aryl methyl sites for hydroxylation is 1. The van der Waals surface area contributed by atoms with Crippen molar-refractivity contribution in [2.75, 3.05) is 31.2 Å². The lowest BCUT2D eigenvalue weighted by Crippen LogP contribution is -2.36. The maximum Gasteiger partial charge on any atom is 0.122 e. The SMILES string of the molecule is Cc1cc(N2CCOCC2)c2ccc(OCc3ccccc3)cc2n1. The minimum atomic E-state index is 0.564. The standard InChI is InChI=1S/C21H22N2O2/c1-16-13-21(23-9-11-24-12-10-23)19-8-7-18(14-20(19)22-16)25-15-17-5-3-2-4-6-17/h2-8,13-14H,9-12,15H2,1H3. The van der Waals surface area contributed by atoms with E-state index >= 15 is 0 Å². The fourth-order valence-corrected chi connectivity index (χ4v) is 3.22. The molecule has 4 rings (SSSR count). The van der Waals surface area contributed by atoms with Gasteiger partial charge >= 0.3 is 0 Å². The van der Waals surface area contributed by atoms with Crippen LogP contribution in [0.15, 0.2) is 54.6 Å². The summed E-state index contributed by atoms with van der Waals surface area (Å²) >= 11 is 0. The molecule has 2 heterocycles. The Labute approximate surface area is 148 Å². The first kappa shape index (κ1) is 15.9. The summed E-state index contributed by atoms with van der Waals surface area (Å²) in [6.45, 7) is 6.01. The number of hydrogen-bond donors (Lipinski definition) is 0. The highest BCUT2D eigenvalue weighted by Gasteiger charge is 2.15. The molecule has 0 saturated carbocycles. The second-order valence-electron chi connectivity index (χ2n) is 6.34. The number of fused-ring (bicyclic) bond motifs is 1. The Hall–Kier alpha value is -2.59. The monoisotopic (exact) mass is 334 g/mol. The first-order valence-corrected chi connectivity index (χ1v) is 8.70. The number of morpholine rings is 1. The number of rotatable bonds is 4. The first-order chi connectivity index (χ1) is 12.3. The average molecular weight is 334 g/mol. The molecule has 1 aliphatic heterocycles. The summed E-state index contributed by atoms with van der Waals surface area (Å²) in [4.78, 5) is 7.09. The van der Waals surface area contributed by atoms with Crippen molar-refractivity contribution < 1.29 is 9.47 Å². The molecule has 0 amide bonds. The molecule has 0 unspecified atom stereocenters. The normalized spacial score (nSPS) is 14.7. The zero-order valence-corrected chi connectivity index (χ0v) is 14.4. The Balaban J connectivity index is 1.61. The highest BCUT2D eigenvalue weighted by Crippen LogP contribution is 2.30. The maximum absolute atomic E-state index is 5.95. The average Bonchev–Trinajstić information content (AvgIpc) is 2.67. The van der Waals surface area contributed by atoms with Crippen LogP contribution in [-0.2, 0) is 11.3 Å². The van der Waals surface area contributed by atoms with Gasteiger partial charge in [0.1, 0.15) is 12.4 Å². The number of anilines is 1. The Bertz CT molecular complexity index is 858. The van der Waals surface area contributed by atoms with Gasteiger partial charge in [-0.2, -0.15) is 0 Å². The van der Waals surface area contributed by atoms with Gasteiger partial charge in [0.05, 0.1) is 18.7 Å². The molecule has 3 aromatic rings. The predicted octanol–water partition coefficient (Wildman–Crippen LogP) is 3.96. The van der Waals surface area contributed by atoms with Gasteiger partial charge in [-0.05, 0) is 30.7 Å². The van der Waals surface area contributed by atoms with Crippen LogP contribution in [0.1, 0.15) is 11.3 Å². The summed E-state index contributed by atoms with van der Waals surface area (Å²) in [6.07, 6.45) is 0. The Morgan fingerprint density at radius 2 is 1.84 bits per heavy atom. The van der Waals surface area contributed by atoms with E-state index in [4.69, 9.17) is 14.5 Å². The lowest BCUT2D eigenvalue weighted by molar-refractivity contribution is 0.123. The van der Waals surface area contributed by atoms with Gasteiger partial charge in [-0.1, -0.05) is 30.3 Å². The van der Waals surface area contributed by atoms with E-state index in [1.807, 2.05) is 37.3 Å². The molecular weight excluding hydrogens is 312 g/mol. The van der Waals surface area contributed by atoms with Crippen LogP contribution in [-0.4, -0.2) is 31.3 Å². The van der Waals surface area contributed by atoms with E-state index in [2.05, 4.69) is 29.2 Å². The first-order valence-electron chi connectivity index (χ1n) is 8.70. The Kier molecular flexibility index (Phi) is 4.53. The van der Waals surface area contributed by atoms with Crippen molar-refractivity contribution in [1.82, 2.24) is 4.98 Å². The highest BCUT2D eigenvalue weighted by atomic mass is 16.5. The smallest absolute Gasteiger partial charge is 0.122 e. The van der Waals surface area contributed by atoms with Gasteiger partial charge in [0.2, 0.25) is 0 Å². The minimum Gasteiger partial charge on any atom is -0.489 e. The zero-order chi connectivity index (χ0) is 17.1. The van der Waals surface area contributed by atoms with E-state index in [1.165, 1.54) is 11.1 Å². The van der Waals surface area contributed by atoms with E-state index in [-0.39, 0.29) is 0 Å². The molecule has 1 fully saturated rings. The van der Waals surface area contributed by atoms with E-state index in [1.54, 1.807) is 0 Å². The van der Waals surface area contributed by atoms with Crippen LogP contribution < -0.4 is 9.64 Å². The van der Waals surface area contributed by atoms with Crippen molar-refractivity contribution in [3.05, 3.63) is 65.9 Å². The number of nitrogens with zero attached hydrogens (tertiary/aromatic N) is 2.